The fourth-order valence-electron chi connectivity index (χ4n) is 7.46. The lowest BCUT2D eigenvalue weighted by molar-refractivity contribution is -0.870. The number of carbonyl (C=O) groups excluding carboxylic acids is 2. The maximum atomic E-state index is 12.9. The van der Waals surface area contributed by atoms with Gasteiger partial charge < -0.3 is 28.5 Å². The van der Waals surface area contributed by atoms with Crippen LogP contribution in [0.15, 0.2) is 97.2 Å². The van der Waals surface area contributed by atoms with E-state index < -0.39 is 24.3 Å². The minimum atomic E-state index is -1.52. The fourth-order valence-corrected chi connectivity index (χ4v) is 7.46. The topological polar surface area (TPSA) is 108 Å². The molecule has 0 amide bonds. The van der Waals surface area contributed by atoms with Crippen LogP contribution in [0.5, 0.6) is 0 Å². The third-order valence-electron chi connectivity index (χ3n) is 11.8. The number of carboxylic acids is 1. The molecule has 0 bridgehead atoms. The van der Waals surface area contributed by atoms with Crippen LogP contribution in [0.25, 0.3) is 0 Å². The molecule has 0 saturated carbocycles. The Morgan fingerprint density at radius 3 is 1.21 bits per heavy atom. The Kier molecular flexibility index (Phi) is 49.7. The summed E-state index contributed by atoms with van der Waals surface area (Å²) in [6.45, 7) is 4.73. The monoisotopic (exact) mass is 993 g/mol. The van der Waals surface area contributed by atoms with Crippen molar-refractivity contribution in [3.63, 3.8) is 0 Å². The minimum Gasteiger partial charge on any atom is -0.477 e. The van der Waals surface area contributed by atoms with Crippen molar-refractivity contribution < 1.29 is 42.9 Å². The molecule has 0 aromatic carbocycles. The molecule has 2 unspecified atom stereocenters. The molecule has 0 aliphatic carbocycles. The molecule has 1 N–H and O–H groups in total. The molecule has 0 rings (SSSR count). The summed E-state index contributed by atoms with van der Waals surface area (Å²) in [6, 6.07) is 0. The number of esters is 2. The number of hydrogen-bond donors (Lipinski definition) is 1. The molecule has 71 heavy (non-hydrogen) atoms. The zero-order valence-electron chi connectivity index (χ0n) is 46.1. The van der Waals surface area contributed by atoms with Gasteiger partial charge in [-0.1, -0.05) is 207 Å². The molecule has 0 aromatic rings. The molecule has 9 heteroatoms. The summed E-state index contributed by atoms with van der Waals surface area (Å²) in [4.78, 5) is 37.4. The quantitative estimate of drug-likeness (QED) is 0.0211. The Morgan fingerprint density at radius 2 is 0.803 bits per heavy atom. The van der Waals surface area contributed by atoms with Gasteiger partial charge in [-0.25, -0.2) is 4.79 Å². The number of nitrogens with zero attached hydrogens (tertiary/aromatic N) is 1. The number of allylic oxidation sites excluding steroid dienone is 16. The van der Waals surface area contributed by atoms with E-state index in [-0.39, 0.29) is 32.2 Å². The van der Waals surface area contributed by atoms with Crippen LogP contribution in [-0.4, -0.2) is 87.4 Å². The molecule has 0 fully saturated rings. The lowest BCUT2D eigenvalue weighted by atomic mass is 10.1. The second kappa shape index (κ2) is 52.5. The first-order valence-electron chi connectivity index (χ1n) is 28.4. The first-order valence-corrected chi connectivity index (χ1v) is 28.4. The molecule has 0 spiro atoms. The van der Waals surface area contributed by atoms with E-state index in [4.69, 9.17) is 18.9 Å². The highest BCUT2D eigenvalue weighted by atomic mass is 16.7. The average Bonchev–Trinajstić information content (AvgIpc) is 3.34. The number of carboxylic acid groups (broad SMARTS) is 1. The molecular formula is C62H106NO8+. The largest absolute Gasteiger partial charge is 0.477 e. The molecule has 0 radical (unpaired) electrons. The number of aliphatic carboxylic acids is 1. The van der Waals surface area contributed by atoms with Crippen molar-refractivity contribution >= 4 is 17.9 Å². The Hall–Kier alpha value is -3.79. The molecule has 0 aliphatic heterocycles. The summed E-state index contributed by atoms with van der Waals surface area (Å²) < 4.78 is 22.8. The van der Waals surface area contributed by atoms with Crippen molar-refractivity contribution in [1.29, 1.82) is 0 Å². The van der Waals surface area contributed by atoms with Crippen molar-refractivity contribution in [3.05, 3.63) is 97.2 Å². The van der Waals surface area contributed by atoms with Gasteiger partial charge in [0.1, 0.15) is 13.2 Å². The van der Waals surface area contributed by atoms with Crippen LogP contribution in [-0.2, 0) is 33.3 Å². The summed E-state index contributed by atoms with van der Waals surface area (Å²) >= 11 is 0. The molecule has 406 valence electrons. The van der Waals surface area contributed by atoms with Crippen molar-refractivity contribution in [2.45, 2.75) is 232 Å². The van der Waals surface area contributed by atoms with Gasteiger partial charge in [0.2, 0.25) is 0 Å². The number of ether oxygens (including phenoxy) is 4. The maximum Gasteiger partial charge on any atom is 0.361 e. The lowest BCUT2D eigenvalue weighted by Crippen LogP contribution is -2.40. The highest BCUT2D eigenvalue weighted by molar-refractivity contribution is 5.71. The second-order valence-corrected chi connectivity index (χ2v) is 19.9. The predicted octanol–water partition coefficient (Wildman–Crippen LogP) is 16.6. The lowest BCUT2D eigenvalue weighted by Gasteiger charge is -2.25. The predicted molar refractivity (Wildman–Crippen MR) is 299 cm³/mol. The smallest absolute Gasteiger partial charge is 0.361 e. The number of carbonyl (C=O) groups is 3. The molecule has 2 atom stereocenters. The number of rotatable bonds is 51. The van der Waals surface area contributed by atoms with Crippen molar-refractivity contribution in [3.8, 4) is 0 Å². The highest BCUT2D eigenvalue weighted by Gasteiger charge is 2.25. The number of likely N-dealkylation sites (N-methyl/N-ethyl adjacent to an activating group) is 1. The van der Waals surface area contributed by atoms with Gasteiger partial charge in [-0.2, -0.15) is 0 Å². The van der Waals surface area contributed by atoms with Crippen LogP contribution in [0.1, 0.15) is 219 Å². The summed E-state index contributed by atoms with van der Waals surface area (Å²) in [6.07, 6.45) is 67.6. The van der Waals surface area contributed by atoms with E-state index in [2.05, 4.69) is 111 Å². The van der Waals surface area contributed by atoms with Crippen LogP contribution in [0.4, 0.5) is 0 Å². The Morgan fingerprint density at radius 1 is 0.437 bits per heavy atom. The van der Waals surface area contributed by atoms with Crippen LogP contribution < -0.4 is 0 Å². The van der Waals surface area contributed by atoms with Gasteiger partial charge >= 0.3 is 17.9 Å². The zero-order chi connectivity index (χ0) is 52.0. The van der Waals surface area contributed by atoms with Gasteiger partial charge in [-0.15, -0.1) is 0 Å². The summed E-state index contributed by atoms with van der Waals surface area (Å²) in [5, 5.41) is 9.69. The van der Waals surface area contributed by atoms with Crippen LogP contribution >= 0.6 is 0 Å². The molecule has 0 aromatic heterocycles. The van der Waals surface area contributed by atoms with Crippen molar-refractivity contribution in [2.24, 2.45) is 0 Å². The zero-order valence-corrected chi connectivity index (χ0v) is 46.1. The summed E-state index contributed by atoms with van der Waals surface area (Å²) in [5.41, 5.74) is 0. The minimum absolute atomic E-state index is 0.180. The first kappa shape index (κ1) is 67.2. The molecular weight excluding hydrogens is 887 g/mol. The molecule has 0 heterocycles. The van der Waals surface area contributed by atoms with Gasteiger partial charge in [0.25, 0.3) is 6.29 Å². The standard InChI is InChI=1S/C62H105NO8/c1-6-8-10-12-14-16-18-20-22-24-25-26-27-28-29-30-31-32-33-34-35-37-39-41-43-45-47-49-51-53-60(65)71-58(57-70-62(61(66)67)68-55-54-63(3,4)5)56-69-59(64)52-50-48-46-44-42-40-38-36-23-21-19-17-15-13-11-9-7-2/h8,10,14,16,20-23,25-26,28-29,31-32,34-35,58,62H,6-7,9,11-13,15,17-19,24,27,30,33,36-57H2,1-5H3/p+1/b10-8-,16-14-,22-20-,23-21-,26-25-,29-28-,32-31-,35-34-. The summed E-state index contributed by atoms with van der Waals surface area (Å²) in [5.74, 6) is -2.03. The van der Waals surface area contributed by atoms with Gasteiger partial charge in [-0.3, -0.25) is 9.59 Å². The van der Waals surface area contributed by atoms with Gasteiger partial charge in [0, 0.05) is 12.8 Å². The number of quaternary nitrogens is 1. The van der Waals surface area contributed by atoms with Gasteiger partial charge in [0.05, 0.1) is 34.4 Å². The van der Waals surface area contributed by atoms with E-state index in [1.165, 1.54) is 89.9 Å². The summed E-state index contributed by atoms with van der Waals surface area (Å²) in [7, 11) is 5.95. The van der Waals surface area contributed by atoms with E-state index in [0.717, 1.165) is 96.3 Å². The number of unbranched alkanes of at least 4 members (excludes halogenated alkanes) is 20. The maximum absolute atomic E-state index is 12.9. The second-order valence-electron chi connectivity index (χ2n) is 19.9. The Labute approximate surface area is 435 Å². The molecule has 0 saturated heterocycles. The van der Waals surface area contributed by atoms with E-state index in [0.29, 0.717) is 23.9 Å². The Balaban J connectivity index is 4.31. The third-order valence-corrected chi connectivity index (χ3v) is 11.8. The molecule has 0 aliphatic rings. The van der Waals surface area contributed by atoms with E-state index in [9.17, 15) is 19.5 Å². The van der Waals surface area contributed by atoms with E-state index in [1.807, 2.05) is 21.1 Å². The van der Waals surface area contributed by atoms with E-state index in [1.54, 1.807) is 0 Å². The van der Waals surface area contributed by atoms with Gasteiger partial charge in [0.15, 0.2) is 6.10 Å². The Bertz CT molecular complexity index is 1480. The van der Waals surface area contributed by atoms with E-state index >= 15 is 0 Å². The van der Waals surface area contributed by atoms with Gasteiger partial charge in [-0.05, 0) is 96.3 Å². The SMILES string of the molecule is CC/C=C\C/C=C\C/C=C\C/C=C\C/C=C\C/C=C\C/C=C\CCCCCCCCCC(=O)OC(COC(=O)CCCCCCCCC/C=C\CCCCCCCC)COC(OCC[N+](C)(C)C)C(=O)O. The highest BCUT2D eigenvalue weighted by Crippen LogP contribution is 2.14. The van der Waals surface area contributed by atoms with Crippen LogP contribution in [0, 0.1) is 0 Å². The van der Waals surface area contributed by atoms with Crippen molar-refractivity contribution in [1.82, 2.24) is 0 Å². The normalized spacial score (nSPS) is 13.5. The third kappa shape index (κ3) is 53.8. The average molecular weight is 994 g/mol. The molecule has 9 nitrogen and oxygen atoms in total. The first-order chi connectivity index (χ1) is 34.6. The fraction of sp³-hybridized carbons (Fsp3) is 0.694. The number of hydrogen-bond acceptors (Lipinski definition) is 7. The van der Waals surface area contributed by atoms with Crippen LogP contribution in [0.2, 0.25) is 0 Å². The van der Waals surface area contributed by atoms with Crippen LogP contribution in [0.3, 0.4) is 0 Å². The van der Waals surface area contributed by atoms with Crippen molar-refractivity contribution in [2.75, 3.05) is 47.5 Å².